The van der Waals surface area contributed by atoms with Gasteiger partial charge in [0.2, 0.25) is 0 Å². The van der Waals surface area contributed by atoms with Gasteiger partial charge in [-0.2, -0.15) is 0 Å². The highest BCUT2D eigenvalue weighted by molar-refractivity contribution is 6.25. The predicted molar refractivity (Wildman–Crippen MR) is 281 cm³/mol. The number of ether oxygens (including phenoxy) is 1. The van der Waals surface area contributed by atoms with Crippen LogP contribution in [-0.2, 0) is 0 Å². The molecule has 0 bridgehead atoms. The fourth-order valence-corrected chi connectivity index (χ4v) is 9.98. The van der Waals surface area contributed by atoms with Crippen LogP contribution in [0.15, 0.2) is 205 Å². The lowest BCUT2D eigenvalue weighted by atomic mass is 9.92. The number of hydrogen-bond donors (Lipinski definition) is 0. The number of allylic oxidation sites excluding steroid dienone is 3. The molecule has 4 nitrogen and oxygen atoms in total. The van der Waals surface area contributed by atoms with Crippen molar-refractivity contribution in [3.05, 3.63) is 217 Å². The molecule has 0 saturated heterocycles. The van der Waals surface area contributed by atoms with E-state index in [1.807, 2.05) is 25.1 Å². The maximum absolute atomic E-state index is 6.92. The van der Waals surface area contributed by atoms with Crippen LogP contribution < -0.4 is 14.5 Å². The van der Waals surface area contributed by atoms with Crippen LogP contribution in [0.4, 0.5) is 34.1 Å². The summed E-state index contributed by atoms with van der Waals surface area (Å²) in [6, 6.07) is 61.9. The molecule has 0 saturated carbocycles. The Labute approximate surface area is 387 Å². The van der Waals surface area contributed by atoms with E-state index in [2.05, 4.69) is 220 Å². The molecule has 4 heteroatoms. The smallest absolute Gasteiger partial charge is 0.159 e. The lowest BCUT2D eigenvalue weighted by molar-refractivity contribution is 0.292. The summed E-state index contributed by atoms with van der Waals surface area (Å²) < 4.78 is 13.7. The molecule has 1 aliphatic heterocycles. The molecular weight excluding hydrogens is 805 g/mol. The van der Waals surface area contributed by atoms with Gasteiger partial charge in [-0.25, -0.2) is 0 Å². The molecule has 0 fully saturated rings. The van der Waals surface area contributed by atoms with Crippen molar-refractivity contribution in [1.82, 2.24) is 0 Å². The summed E-state index contributed by atoms with van der Waals surface area (Å²) in [6.45, 7) is 15.2. The number of fused-ring (bicyclic) bond motifs is 9. The summed E-state index contributed by atoms with van der Waals surface area (Å²) >= 11 is 0. The Balaban J connectivity index is 1.21. The molecule has 0 spiro atoms. The van der Waals surface area contributed by atoms with E-state index >= 15 is 0 Å². The monoisotopic (exact) mass is 856 g/mol. The minimum atomic E-state index is -0.229. The van der Waals surface area contributed by atoms with Crippen molar-refractivity contribution in [2.45, 2.75) is 52.6 Å². The maximum atomic E-state index is 6.92. The first kappa shape index (κ1) is 40.9. The highest BCUT2D eigenvalue weighted by atomic mass is 16.5. The Kier molecular flexibility index (Phi) is 10.3. The third-order valence-electron chi connectivity index (χ3n) is 13.3. The third-order valence-corrected chi connectivity index (χ3v) is 13.3. The quantitative estimate of drug-likeness (QED) is 0.101. The molecule has 1 unspecified atom stereocenters. The van der Waals surface area contributed by atoms with Crippen molar-refractivity contribution in [3.63, 3.8) is 0 Å². The van der Waals surface area contributed by atoms with Crippen LogP contribution >= 0.6 is 0 Å². The molecule has 11 rings (SSSR count). The number of hydrogen-bond acceptors (Lipinski definition) is 4. The second kappa shape index (κ2) is 16.6. The van der Waals surface area contributed by atoms with E-state index in [0.29, 0.717) is 11.8 Å². The molecule has 1 aromatic heterocycles. The van der Waals surface area contributed by atoms with Gasteiger partial charge in [0.25, 0.3) is 0 Å². The molecule has 66 heavy (non-hydrogen) atoms. The number of anilines is 6. The maximum Gasteiger partial charge on any atom is 0.159 e. The van der Waals surface area contributed by atoms with Gasteiger partial charge in [0, 0.05) is 38.5 Å². The number of furan rings is 1. The minimum Gasteiger partial charge on any atom is -0.479 e. The highest BCUT2D eigenvalue weighted by Crippen LogP contribution is 2.52. The van der Waals surface area contributed by atoms with E-state index in [1.165, 1.54) is 11.1 Å². The Morgan fingerprint density at radius 2 is 1.00 bits per heavy atom. The van der Waals surface area contributed by atoms with E-state index in [4.69, 9.17) is 9.15 Å². The number of rotatable bonds is 10. The SMILES string of the molecule is C=CC1=CC(/C=C\C)Oc2c1cccc2N(c1ccc(C(C)C)cc1)c1cc2c3ccccc3c(N(c3ccc(C(C)C)cc3)c3cccc4c3oc3ccccc34)cc2c2ccccc12. The second-order valence-corrected chi connectivity index (χ2v) is 18.0. The summed E-state index contributed by atoms with van der Waals surface area (Å²) in [7, 11) is 0. The number of para-hydroxylation sites is 3. The average molecular weight is 857 g/mol. The average Bonchev–Trinajstić information content (AvgIpc) is 3.74. The first-order chi connectivity index (χ1) is 32.3. The van der Waals surface area contributed by atoms with Crippen LogP contribution in [0.25, 0.3) is 59.8 Å². The number of nitrogens with zero attached hydrogens (tertiary/aromatic N) is 2. The van der Waals surface area contributed by atoms with E-state index < -0.39 is 0 Å². The Bertz CT molecular complexity index is 3550. The van der Waals surface area contributed by atoms with Crippen LogP contribution in [0.5, 0.6) is 5.75 Å². The van der Waals surface area contributed by atoms with Crippen LogP contribution in [0.2, 0.25) is 0 Å². The molecule has 0 N–H and O–H groups in total. The standard InChI is InChI=1S/C62H52N2O2/c1-7-17-46-36-41(8-2)47-23-15-25-56(61(47)65-46)63(44-32-28-42(29-33-44)39(3)4)58-37-54-49-19-10-12-21-51(49)59(38-55(54)48-18-9-11-20-50(48)58)64(45-34-30-43(31-35-45)40(5)6)57-26-16-24-53-52-22-13-14-27-60(52)66-62(53)57/h7-40,46H,2H2,1,3-6H3/b17-7-. The van der Waals surface area contributed by atoms with Gasteiger partial charge in [-0.05, 0) is 124 Å². The van der Waals surface area contributed by atoms with Crippen molar-refractivity contribution in [2.75, 3.05) is 9.80 Å². The zero-order valence-corrected chi connectivity index (χ0v) is 38.1. The Hall–Kier alpha value is -7.82. The molecule has 1 aliphatic rings. The van der Waals surface area contributed by atoms with Gasteiger partial charge >= 0.3 is 0 Å². The van der Waals surface area contributed by atoms with Gasteiger partial charge in [0.15, 0.2) is 11.3 Å². The summed E-state index contributed by atoms with van der Waals surface area (Å²) in [5, 5.41) is 9.09. The molecule has 9 aromatic carbocycles. The fourth-order valence-electron chi connectivity index (χ4n) is 9.98. The van der Waals surface area contributed by atoms with Gasteiger partial charge in [-0.1, -0.05) is 162 Å². The first-order valence-electron chi connectivity index (χ1n) is 23.2. The fraction of sp³-hybridized carbons (Fsp3) is 0.129. The van der Waals surface area contributed by atoms with Gasteiger partial charge in [0.1, 0.15) is 11.7 Å². The number of benzene rings is 9. The zero-order chi connectivity index (χ0) is 45.1. The molecule has 0 aliphatic carbocycles. The van der Waals surface area contributed by atoms with Gasteiger partial charge < -0.3 is 19.0 Å². The molecule has 2 heterocycles. The van der Waals surface area contributed by atoms with Gasteiger partial charge in [-0.3, -0.25) is 0 Å². The topological polar surface area (TPSA) is 28.9 Å². The van der Waals surface area contributed by atoms with Crippen molar-refractivity contribution in [3.8, 4) is 5.75 Å². The second-order valence-electron chi connectivity index (χ2n) is 18.0. The van der Waals surface area contributed by atoms with Crippen LogP contribution in [0, 0.1) is 0 Å². The zero-order valence-electron chi connectivity index (χ0n) is 38.1. The molecule has 1 atom stereocenters. The molecule has 0 radical (unpaired) electrons. The third kappa shape index (κ3) is 6.84. The van der Waals surface area contributed by atoms with Crippen molar-refractivity contribution < 1.29 is 9.15 Å². The molecule has 0 amide bonds. The van der Waals surface area contributed by atoms with E-state index in [9.17, 15) is 0 Å². The normalized spacial score (nSPS) is 13.9. The largest absolute Gasteiger partial charge is 0.479 e. The van der Waals surface area contributed by atoms with Gasteiger partial charge in [-0.15, -0.1) is 0 Å². The summed E-state index contributed by atoms with van der Waals surface area (Å²) in [5.74, 6) is 1.63. The van der Waals surface area contributed by atoms with Crippen LogP contribution in [0.3, 0.4) is 0 Å². The van der Waals surface area contributed by atoms with E-state index in [1.54, 1.807) is 0 Å². The summed E-state index contributed by atoms with van der Waals surface area (Å²) in [4.78, 5) is 4.80. The molecule has 10 aromatic rings. The van der Waals surface area contributed by atoms with Crippen LogP contribution in [0.1, 0.15) is 63.1 Å². The van der Waals surface area contributed by atoms with E-state index in [-0.39, 0.29) is 6.10 Å². The molecular formula is C62H52N2O2. The predicted octanol–water partition coefficient (Wildman–Crippen LogP) is 18.1. The summed E-state index contributed by atoms with van der Waals surface area (Å²) in [6.07, 6.45) is 8.00. The van der Waals surface area contributed by atoms with Crippen molar-refractivity contribution in [1.29, 1.82) is 0 Å². The summed E-state index contributed by atoms with van der Waals surface area (Å²) in [5.41, 5.74) is 12.6. The minimum absolute atomic E-state index is 0.229. The van der Waals surface area contributed by atoms with Crippen molar-refractivity contribution in [2.24, 2.45) is 0 Å². The van der Waals surface area contributed by atoms with E-state index in [0.717, 1.165) is 105 Å². The highest BCUT2D eigenvalue weighted by Gasteiger charge is 2.28. The lowest BCUT2D eigenvalue weighted by Gasteiger charge is -2.33. The first-order valence-corrected chi connectivity index (χ1v) is 23.2. The van der Waals surface area contributed by atoms with Crippen molar-refractivity contribution >= 4 is 94.0 Å². The lowest BCUT2D eigenvalue weighted by Crippen LogP contribution is -2.20. The Morgan fingerprint density at radius 1 is 0.500 bits per heavy atom. The molecule has 322 valence electrons. The van der Waals surface area contributed by atoms with Gasteiger partial charge in [0.05, 0.1) is 22.7 Å². The van der Waals surface area contributed by atoms with Crippen LogP contribution in [-0.4, -0.2) is 6.10 Å². The Morgan fingerprint density at radius 3 is 1.56 bits per heavy atom.